The summed E-state index contributed by atoms with van der Waals surface area (Å²) < 4.78 is 43.7. The summed E-state index contributed by atoms with van der Waals surface area (Å²) >= 11 is 1.91. The lowest BCUT2D eigenvalue weighted by molar-refractivity contribution is 0.0479. The Bertz CT molecular complexity index is 464. The van der Waals surface area contributed by atoms with E-state index in [1.807, 2.05) is 11.8 Å². The molecule has 1 aliphatic rings. The van der Waals surface area contributed by atoms with Crippen LogP contribution in [0.1, 0.15) is 29.6 Å². The second-order valence-corrected chi connectivity index (χ2v) is 5.96. The molecule has 1 heterocycles. The summed E-state index contributed by atoms with van der Waals surface area (Å²) in [6.45, 7) is 0.217. The number of rotatable bonds is 4. The van der Waals surface area contributed by atoms with Crippen molar-refractivity contribution in [2.45, 2.75) is 19.3 Å². The first kappa shape index (κ1) is 15.2. The summed E-state index contributed by atoms with van der Waals surface area (Å²) in [6.07, 6.45) is 2.95. The zero-order chi connectivity index (χ0) is 14.5. The molecule has 0 bridgehead atoms. The Morgan fingerprint density at radius 2 is 1.80 bits per heavy atom. The third-order valence-corrected chi connectivity index (χ3v) is 4.37. The Kier molecular flexibility index (Phi) is 5.34. The number of hydrogen-bond acceptors (Lipinski definition) is 3. The molecule has 0 aliphatic carbocycles. The van der Waals surface area contributed by atoms with E-state index in [4.69, 9.17) is 4.74 Å². The van der Waals surface area contributed by atoms with Crippen molar-refractivity contribution in [1.82, 2.24) is 0 Å². The van der Waals surface area contributed by atoms with E-state index in [0.717, 1.165) is 30.8 Å². The molecule has 1 fully saturated rings. The Balaban J connectivity index is 1.85. The van der Waals surface area contributed by atoms with Crippen LogP contribution in [0.2, 0.25) is 0 Å². The average Bonchev–Trinajstić information content (AvgIpc) is 2.45. The van der Waals surface area contributed by atoms with Crippen LogP contribution in [0.3, 0.4) is 0 Å². The van der Waals surface area contributed by atoms with E-state index in [1.165, 1.54) is 0 Å². The number of hydrogen-bond donors (Lipinski definition) is 0. The Morgan fingerprint density at radius 3 is 2.40 bits per heavy atom. The first-order valence-electron chi connectivity index (χ1n) is 6.47. The number of thioether (sulfide) groups is 1. The van der Waals surface area contributed by atoms with Gasteiger partial charge in [0, 0.05) is 0 Å². The fourth-order valence-electron chi connectivity index (χ4n) is 2.11. The molecule has 0 saturated carbocycles. The van der Waals surface area contributed by atoms with Crippen molar-refractivity contribution >= 4 is 17.7 Å². The van der Waals surface area contributed by atoms with Gasteiger partial charge in [-0.05, 0) is 48.8 Å². The fourth-order valence-corrected chi connectivity index (χ4v) is 3.31. The third kappa shape index (κ3) is 3.91. The van der Waals surface area contributed by atoms with Gasteiger partial charge in [0.25, 0.3) is 0 Å². The van der Waals surface area contributed by atoms with Gasteiger partial charge in [-0.1, -0.05) is 0 Å². The van der Waals surface area contributed by atoms with E-state index >= 15 is 0 Å². The number of carbonyl (C=O) groups is 1. The Hall–Kier alpha value is -1.17. The van der Waals surface area contributed by atoms with Crippen molar-refractivity contribution in [3.63, 3.8) is 0 Å². The molecule has 1 aromatic carbocycles. The van der Waals surface area contributed by atoms with Gasteiger partial charge in [0.2, 0.25) is 0 Å². The molecule has 2 rings (SSSR count). The van der Waals surface area contributed by atoms with Crippen molar-refractivity contribution in [3.05, 3.63) is 35.1 Å². The summed E-state index contributed by atoms with van der Waals surface area (Å²) in [5, 5.41) is 0. The molecular weight excluding hydrogens is 289 g/mol. The molecule has 6 heteroatoms. The second kappa shape index (κ2) is 7.02. The Morgan fingerprint density at radius 1 is 1.20 bits per heavy atom. The summed E-state index contributed by atoms with van der Waals surface area (Å²) in [5.41, 5.74) is -0.305. The lowest BCUT2D eigenvalue weighted by Crippen LogP contribution is -2.14. The quantitative estimate of drug-likeness (QED) is 0.625. The SMILES string of the molecule is O=C(OCCC1CCSCC1)c1cc(F)c(F)c(F)c1. The summed E-state index contributed by atoms with van der Waals surface area (Å²) in [5.74, 6) is -2.41. The van der Waals surface area contributed by atoms with E-state index in [-0.39, 0.29) is 12.2 Å². The Labute approximate surface area is 119 Å². The molecule has 0 atom stereocenters. The van der Waals surface area contributed by atoms with Crippen LogP contribution in [0.25, 0.3) is 0 Å². The fraction of sp³-hybridized carbons (Fsp3) is 0.500. The first-order valence-corrected chi connectivity index (χ1v) is 7.63. The number of carbonyl (C=O) groups excluding carboxylic acids is 1. The van der Waals surface area contributed by atoms with Gasteiger partial charge in [-0.2, -0.15) is 11.8 Å². The monoisotopic (exact) mass is 304 g/mol. The van der Waals surface area contributed by atoms with Gasteiger partial charge >= 0.3 is 5.97 Å². The number of benzene rings is 1. The topological polar surface area (TPSA) is 26.3 Å². The molecule has 0 aromatic heterocycles. The molecule has 110 valence electrons. The molecule has 1 aliphatic heterocycles. The summed E-state index contributed by atoms with van der Waals surface area (Å²) in [7, 11) is 0. The minimum Gasteiger partial charge on any atom is -0.462 e. The third-order valence-electron chi connectivity index (χ3n) is 3.32. The van der Waals surface area contributed by atoms with E-state index in [9.17, 15) is 18.0 Å². The van der Waals surface area contributed by atoms with Gasteiger partial charge in [0.1, 0.15) is 0 Å². The van der Waals surface area contributed by atoms with Crippen LogP contribution in [0.5, 0.6) is 0 Å². The van der Waals surface area contributed by atoms with E-state index in [2.05, 4.69) is 0 Å². The summed E-state index contributed by atoms with van der Waals surface area (Å²) in [4.78, 5) is 11.6. The van der Waals surface area contributed by atoms with Crippen LogP contribution in [0, 0.1) is 23.4 Å². The van der Waals surface area contributed by atoms with Crippen molar-refractivity contribution in [1.29, 1.82) is 0 Å². The first-order chi connectivity index (χ1) is 9.58. The number of esters is 1. The van der Waals surface area contributed by atoms with Gasteiger partial charge in [-0.25, -0.2) is 18.0 Å². The van der Waals surface area contributed by atoms with Crippen LogP contribution >= 0.6 is 11.8 Å². The predicted molar refractivity (Wildman–Crippen MR) is 71.3 cm³/mol. The maximum atomic E-state index is 13.0. The minimum absolute atomic E-state index is 0.217. The zero-order valence-electron chi connectivity index (χ0n) is 10.8. The van der Waals surface area contributed by atoms with Crippen molar-refractivity contribution in [2.75, 3.05) is 18.1 Å². The van der Waals surface area contributed by atoms with Crippen LogP contribution < -0.4 is 0 Å². The van der Waals surface area contributed by atoms with Crippen LogP contribution in [0.15, 0.2) is 12.1 Å². The van der Waals surface area contributed by atoms with Crippen molar-refractivity contribution in [2.24, 2.45) is 5.92 Å². The number of halogens is 3. The smallest absolute Gasteiger partial charge is 0.338 e. The molecule has 0 N–H and O–H groups in total. The predicted octanol–water partition coefficient (Wildman–Crippen LogP) is 3.79. The highest BCUT2D eigenvalue weighted by molar-refractivity contribution is 7.99. The molecule has 0 radical (unpaired) electrons. The zero-order valence-corrected chi connectivity index (χ0v) is 11.6. The maximum Gasteiger partial charge on any atom is 0.338 e. The molecule has 20 heavy (non-hydrogen) atoms. The lowest BCUT2D eigenvalue weighted by atomic mass is 10.00. The molecule has 2 nitrogen and oxygen atoms in total. The average molecular weight is 304 g/mol. The van der Waals surface area contributed by atoms with Gasteiger partial charge in [0.15, 0.2) is 17.5 Å². The highest BCUT2D eigenvalue weighted by Crippen LogP contribution is 2.25. The van der Waals surface area contributed by atoms with E-state index < -0.39 is 23.4 Å². The van der Waals surface area contributed by atoms with Crippen LogP contribution in [0.4, 0.5) is 13.2 Å². The number of ether oxygens (including phenoxy) is 1. The highest BCUT2D eigenvalue weighted by atomic mass is 32.2. The van der Waals surface area contributed by atoms with Crippen molar-refractivity contribution in [3.8, 4) is 0 Å². The van der Waals surface area contributed by atoms with Gasteiger partial charge in [0.05, 0.1) is 12.2 Å². The largest absolute Gasteiger partial charge is 0.462 e. The molecule has 0 amide bonds. The van der Waals surface area contributed by atoms with Crippen LogP contribution in [-0.4, -0.2) is 24.1 Å². The van der Waals surface area contributed by atoms with E-state index in [0.29, 0.717) is 18.1 Å². The van der Waals surface area contributed by atoms with Gasteiger partial charge < -0.3 is 4.74 Å². The molecule has 1 aromatic rings. The lowest BCUT2D eigenvalue weighted by Gasteiger charge is -2.20. The molecular formula is C14H15F3O2S. The molecule has 1 saturated heterocycles. The van der Waals surface area contributed by atoms with E-state index in [1.54, 1.807) is 0 Å². The summed E-state index contributed by atoms with van der Waals surface area (Å²) in [6, 6.07) is 1.30. The maximum absolute atomic E-state index is 13.0. The molecule has 0 unspecified atom stereocenters. The molecule has 0 spiro atoms. The normalized spacial score (nSPS) is 16.1. The standard InChI is InChI=1S/C14H15F3O2S/c15-11-7-10(8-12(16)13(11)17)14(18)19-4-1-9-2-5-20-6-3-9/h7-9H,1-6H2. The second-order valence-electron chi connectivity index (χ2n) is 4.73. The minimum atomic E-state index is -1.58. The highest BCUT2D eigenvalue weighted by Gasteiger charge is 2.17. The van der Waals surface area contributed by atoms with Gasteiger partial charge in [-0.15, -0.1) is 0 Å². The van der Waals surface area contributed by atoms with Crippen molar-refractivity contribution < 1.29 is 22.7 Å². The van der Waals surface area contributed by atoms with Gasteiger partial charge in [-0.3, -0.25) is 0 Å². The van der Waals surface area contributed by atoms with Crippen LogP contribution in [-0.2, 0) is 4.74 Å².